The summed E-state index contributed by atoms with van der Waals surface area (Å²) >= 11 is 0. The first-order chi connectivity index (χ1) is 23.7. The van der Waals surface area contributed by atoms with Crippen molar-refractivity contribution in [3.63, 3.8) is 0 Å². The highest BCUT2D eigenvalue weighted by Crippen LogP contribution is 2.49. The van der Waals surface area contributed by atoms with Crippen molar-refractivity contribution < 1.29 is 33.6 Å². The number of rotatable bonds is 13. The van der Waals surface area contributed by atoms with Crippen molar-refractivity contribution in [2.75, 3.05) is 26.1 Å². The van der Waals surface area contributed by atoms with Crippen molar-refractivity contribution in [1.29, 1.82) is 0 Å². The summed E-state index contributed by atoms with van der Waals surface area (Å²) < 4.78 is 25.9. The van der Waals surface area contributed by atoms with E-state index in [1.54, 1.807) is 14.2 Å². The van der Waals surface area contributed by atoms with Crippen LogP contribution in [0.25, 0.3) is 0 Å². The van der Waals surface area contributed by atoms with Gasteiger partial charge >= 0.3 is 5.69 Å². The average Bonchev–Trinajstić information content (AvgIpc) is 3.38. The van der Waals surface area contributed by atoms with Crippen molar-refractivity contribution in [3.05, 3.63) is 118 Å². The molecule has 0 aliphatic carbocycles. The predicted molar refractivity (Wildman–Crippen MR) is 193 cm³/mol. The van der Waals surface area contributed by atoms with Gasteiger partial charge in [-0.25, -0.2) is 4.79 Å². The number of methoxy groups -OCH3 is 2. The first-order valence-corrected chi connectivity index (χ1v) is 19.6. The quantitative estimate of drug-likeness (QED) is 0.122. The van der Waals surface area contributed by atoms with Crippen LogP contribution in [0.4, 0.5) is 5.82 Å². The molecule has 0 bridgehead atoms. The van der Waals surface area contributed by atoms with Crippen molar-refractivity contribution in [2.45, 2.75) is 69.4 Å². The molecular weight excluding hydrogens is 655 g/mol. The molecule has 1 amide bonds. The van der Waals surface area contributed by atoms with Gasteiger partial charge in [0, 0.05) is 19.0 Å². The fraction of sp³-hybridized carbons (Fsp3) is 0.395. The van der Waals surface area contributed by atoms with Crippen LogP contribution in [0.1, 0.15) is 50.1 Å². The maximum Gasteiger partial charge on any atom is 0.351 e. The second-order valence-corrected chi connectivity index (χ2v) is 18.3. The predicted octanol–water partition coefficient (Wildman–Crippen LogP) is 5.47. The van der Waals surface area contributed by atoms with Crippen LogP contribution >= 0.6 is 0 Å². The number of nitrogens with zero attached hydrogens (tertiary/aromatic N) is 2. The minimum Gasteiger partial charge on any atom is -0.497 e. The second kappa shape index (κ2) is 14.9. The number of carbonyl (C=O) groups is 1. The summed E-state index contributed by atoms with van der Waals surface area (Å²) in [4.78, 5) is 40.2. The minimum absolute atomic E-state index is 0.0619. The number of hydrogen-bond acceptors (Lipinski definition) is 9. The number of carbonyl (C=O) groups excluding carboxylic acids is 1. The standard InChI is InChI=1S/C38H47N3O8Si/c1-25(42)39-33-21-22-41(36(44)40-33)35-31(23-37(2,3)50(6,7)45)34(43)32(49-35)24-48-38(26-11-9-8-10-12-26,27-13-17-29(46-4)18-14-27)28-15-19-30(47-5)20-16-28/h8-22,31-32,34-35,43,45H,23-24H2,1-7H3,(H,39,40,42,44)/t31-,32+,34?,35+/m0/s1. The molecule has 1 aromatic heterocycles. The molecule has 1 unspecified atom stereocenters. The van der Waals surface area contributed by atoms with E-state index in [9.17, 15) is 19.5 Å². The molecule has 4 atom stereocenters. The zero-order valence-electron chi connectivity index (χ0n) is 29.6. The van der Waals surface area contributed by atoms with Gasteiger partial charge in [0.2, 0.25) is 5.91 Å². The topological polar surface area (TPSA) is 141 Å². The van der Waals surface area contributed by atoms with Gasteiger partial charge in [-0.1, -0.05) is 68.4 Å². The lowest BCUT2D eigenvalue weighted by molar-refractivity contribution is -0.114. The van der Waals surface area contributed by atoms with E-state index in [0.29, 0.717) is 17.9 Å². The summed E-state index contributed by atoms with van der Waals surface area (Å²) in [7, 11) is 0.483. The fourth-order valence-corrected chi connectivity index (χ4v) is 7.15. The van der Waals surface area contributed by atoms with Crippen LogP contribution in [0.2, 0.25) is 18.1 Å². The van der Waals surface area contributed by atoms with Gasteiger partial charge in [0.25, 0.3) is 0 Å². The molecular formula is C38H47N3O8Si. The highest BCUT2D eigenvalue weighted by Gasteiger charge is 2.51. The van der Waals surface area contributed by atoms with E-state index in [2.05, 4.69) is 10.3 Å². The van der Waals surface area contributed by atoms with E-state index in [1.807, 2.05) is 106 Å². The molecule has 1 saturated heterocycles. The Morgan fingerprint density at radius 2 is 1.46 bits per heavy atom. The van der Waals surface area contributed by atoms with Gasteiger partial charge in [-0.15, -0.1) is 0 Å². The molecule has 1 aliphatic heterocycles. The van der Waals surface area contributed by atoms with Gasteiger partial charge < -0.3 is 34.2 Å². The van der Waals surface area contributed by atoms with Crippen LogP contribution in [-0.4, -0.2) is 66.7 Å². The summed E-state index contributed by atoms with van der Waals surface area (Å²) in [6.45, 7) is 8.94. The van der Waals surface area contributed by atoms with Gasteiger partial charge in [-0.3, -0.25) is 9.36 Å². The summed E-state index contributed by atoms with van der Waals surface area (Å²) in [5.41, 5.74) is 0.679. The highest BCUT2D eigenvalue weighted by molar-refractivity contribution is 6.72. The van der Waals surface area contributed by atoms with E-state index >= 15 is 0 Å². The Balaban J connectivity index is 1.58. The average molecular weight is 702 g/mol. The number of nitrogens with one attached hydrogen (secondary N) is 1. The Morgan fingerprint density at radius 3 is 1.94 bits per heavy atom. The SMILES string of the molecule is COc1ccc(C(OC[C@H]2O[C@@H](n3ccc(NC(C)=O)nc3=O)[C@@H](CC(C)(C)[Si](C)(C)O)C2O)(c2ccccc2)c2ccc(OC)cc2)cc1. The molecule has 4 aromatic rings. The molecule has 1 aliphatic rings. The van der Waals surface area contributed by atoms with E-state index in [1.165, 1.54) is 23.8 Å². The van der Waals surface area contributed by atoms with E-state index in [4.69, 9.17) is 18.9 Å². The van der Waals surface area contributed by atoms with Crippen molar-refractivity contribution >= 4 is 20.0 Å². The number of anilines is 1. The summed E-state index contributed by atoms with van der Waals surface area (Å²) in [5, 5.41) is 14.0. The van der Waals surface area contributed by atoms with Crippen LogP contribution in [0.3, 0.4) is 0 Å². The van der Waals surface area contributed by atoms with Crippen LogP contribution in [0, 0.1) is 5.92 Å². The van der Waals surface area contributed by atoms with E-state index < -0.39 is 49.0 Å². The highest BCUT2D eigenvalue weighted by atomic mass is 28.4. The Labute approximate surface area is 294 Å². The first kappa shape index (κ1) is 36.9. The van der Waals surface area contributed by atoms with Crippen LogP contribution in [0.5, 0.6) is 11.5 Å². The normalized spacial score (nSPS) is 19.6. The van der Waals surface area contributed by atoms with Gasteiger partial charge in [0.1, 0.15) is 35.2 Å². The molecule has 5 rings (SSSR count). The zero-order chi connectivity index (χ0) is 36.3. The third kappa shape index (κ3) is 7.54. The second-order valence-electron chi connectivity index (χ2n) is 13.9. The molecule has 3 aromatic carbocycles. The summed E-state index contributed by atoms with van der Waals surface area (Å²) in [6, 6.07) is 26.6. The maximum absolute atomic E-state index is 13.4. The molecule has 1 fully saturated rings. The Kier molecular flexibility index (Phi) is 11.0. The number of aliphatic hydroxyl groups excluding tert-OH is 1. The molecule has 266 valence electrons. The van der Waals surface area contributed by atoms with Crippen LogP contribution in [0.15, 0.2) is 95.9 Å². The van der Waals surface area contributed by atoms with Gasteiger partial charge in [-0.2, -0.15) is 4.98 Å². The molecule has 12 heteroatoms. The van der Waals surface area contributed by atoms with Crippen molar-refractivity contribution in [2.24, 2.45) is 5.92 Å². The Bertz CT molecular complexity index is 1760. The van der Waals surface area contributed by atoms with Gasteiger partial charge in [-0.05, 0) is 71.6 Å². The number of benzene rings is 3. The van der Waals surface area contributed by atoms with Gasteiger partial charge in [0.15, 0.2) is 8.32 Å². The number of hydrogen-bond donors (Lipinski definition) is 3. The lowest BCUT2D eigenvalue weighted by Gasteiger charge is -2.39. The molecule has 0 spiro atoms. The fourth-order valence-electron chi connectivity index (χ4n) is 6.41. The molecule has 0 radical (unpaired) electrons. The maximum atomic E-state index is 13.4. The molecule has 0 saturated carbocycles. The third-order valence-corrected chi connectivity index (χ3v) is 13.5. The van der Waals surface area contributed by atoms with Crippen molar-refractivity contribution in [1.82, 2.24) is 9.55 Å². The van der Waals surface area contributed by atoms with E-state index in [-0.39, 0.29) is 18.3 Å². The van der Waals surface area contributed by atoms with Crippen LogP contribution < -0.4 is 20.5 Å². The Hall–Kier alpha value is -4.33. The lowest BCUT2D eigenvalue weighted by atomic mass is 9.80. The molecule has 3 N–H and O–H groups in total. The van der Waals surface area contributed by atoms with Crippen molar-refractivity contribution in [3.8, 4) is 11.5 Å². The molecule has 2 heterocycles. The van der Waals surface area contributed by atoms with Gasteiger partial charge in [0.05, 0.1) is 26.9 Å². The van der Waals surface area contributed by atoms with E-state index in [0.717, 1.165) is 16.7 Å². The molecule has 50 heavy (non-hydrogen) atoms. The smallest absolute Gasteiger partial charge is 0.351 e. The van der Waals surface area contributed by atoms with Crippen LogP contribution in [-0.2, 0) is 19.9 Å². The number of ether oxygens (including phenoxy) is 4. The monoisotopic (exact) mass is 701 g/mol. The zero-order valence-corrected chi connectivity index (χ0v) is 30.6. The summed E-state index contributed by atoms with van der Waals surface area (Å²) in [6.07, 6.45) is -0.991. The first-order valence-electron chi connectivity index (χ1n) is 16.6. The lowest BCUT2D eigenvalue weighted by Crippen LogP contribution is -2.43. The summed E-state index contributed by atoms with van der Waals surface area (Å²) in [5.74, 6) is 0.533. The third-order valence-electron chi connectivity index (χ3n) is 9.95. The minimum atomic E-state index is -2.74. The number of aromatic nitrogens is 2. The Morgan fingerprint density at radius 1 is 0.920 bits per heavy atom. The largest absolute Gasteiger partial charge is 0.497 e. The number of aliphatic hydroxyl groups is 1. The number of amides is 1. The molecule has 11 nitrogen and oxygen atoms in total.